The number of H-pyrrole nitrogens is 1. The molecular formula is C23H23N5O. The van der Waals surface area contributed by atoms with Gasteiger partial charge in [0.05, 0.1) is 6.20 Å². The molecule has 1 fully saturated rings. The van der Waals surface area contributed by atoms with Crippen LogP contribution in [0.3, 0.4) is 0 Å². The van der Waals surface area contributed by atoms with E-state index in [4.69, 9.17) is 4.98 Å². The van der Waals surface area contributed by atoms with Gasteiger partial charge in [0.1, 0.15) is 5.65 Å². The predicted octanol–water partition coefficient (Wildman–Crippen LogP) is 3.98. The van der Waals surface area contributed by atoms with Crippen molar-refractivity contribution in [2.75, 3.05) is 6.54 Å². The Labute approximate surface area is 169 Å². The molecule has 1 aliphatic heterocycles. The average molecular weight is 385 g/mol. The number of rotatable bonds is 4. The second-order valence-corrected chi connectivity index (χ2v) is 7.87. The summed E-state index contributed by atoms with van der Waals surface area (Å²) in [4.78, 5) is 19.6. The summed E-state index contributed by atoms with van der Waals surface area (Å²) in [6, 6.07) is 14.1. The van der Waals surface area contributed by atoms with Crippen LogP contribution in [-0.2, 0) is 6.54 Å². The third-order valence-electron chi connectivity index (χ3n) is 5.83. The summed E-state index contributed by atoms with van der Waals surface area (Å²) >= 11 is 0. The standard InChI is InChI=1S/C23H23N5O/c1-16-9-17(15-28(16)23(29)18-5-3-2-4-6-18)14-27-8-7-19-10-20(11-24-22(19)27)21-12-25-26-13-21/h2-8,10-13,16-17H,9,14-15H2,1H3,(H,25,26). The van der Waals surface area contributed by atoms with E-state index in [2.05, 4.69) is 40.0 Å². The van der Waals surface area contributed by atoms with Gasteiger partial charge in [0.2, 0.25) is 0 Å². The van der Waals surface area contributed by atoms with E-state index in [-0.39, 0.29) is 11.9 Å². The van der Waals surface area contributed by atoms with Crippen molar-refractivity contribution in [2.24, 2.45) is 5.92 Å². The van der Waals surface area contributed by atoms with E-state index in [0.717, 1.165) is 47.2 Å². The van der Waals surface area contributed by atoms with Crippen LogP contribution in [0.4, 0.5) is 0 Å². The molecule has 0 radical (unpaired) electrons. The molecule has 146 valence electrons. The molecule has 3 aromatic heterocycles. The van der Waals surface area contributed by atoms with Crippen LogP contribution in [0, 0.1) is 5.92 Å². The number of nitrogens with zero attached hydrogens (tertiary/aromatic N) is 4. The third-order valence-corrected chi connectivity index (χ3v) is 5.83. The van der Waals surface area contributed by atoms with Gasteiger partial charge in [-0.15, -0.1) is 0 Å². The van der Waals surface area contributed by atoms with Crippen molar-refractivity contribution in [2.45, 2.75) is 25.9 Å². The molecule has 4 heterocycles. The van der Waals surface area contributed by atoms with Crippen LogP contribution in [0.25, 0.3) is 22.2 Å². The van der Waals surface area contributed by atoms with Crippen LogP contribution in [0.1, 0.15) is 23.7 Å². The number of carbonyl (C=O) groups is 1. The Balaban J connectivity index is 1.33. The Hall–Kier alpha value is -3.41. The number of likely N-dealkylation sites (tertiary alicyclic amines) is 1. The van der Waals surface area contributed by atoms with Gasteiger partial charge in [-0.25, -0.2) is 4.98 Å². The highest BCUT2D eigenvalue weighted by Crippen LogP contribution is 2.28. The van der Waals surface area contributed by atoms with Crippen molar-refractivity contribution >= 4 is 16.9 Å². The summed E-state index contributed by atoms with van der Waals surface area (Å²) in [5.74, 6) is 0.546. The van der Waals surface area contributed by atoms with E-state index >= 15 is 0 Å². The van der Waals surface area contributed by atoms with E-state index < -0.39 is 0 Å². The average Bonchev–Trinajstić information content (AvgIpc) is 3.49. The highest BCUT2D eigenvalue weighted by atomic mass is 16.2. The van der Waals surface area contributed by atoms with Gasteiger partial charge in [-0.1, -0.05) is 18.2 Å². The second-order valence-electron chi connectivity index (χ2n) is 7.87. The van der Waals surface area contributed by atoms with Gasteiger partial charge in [0.25, 0.3) is 5.91 Å². The van der Waals surface area contributed by atoms with E-state index in [0.29, 0.717) is 5.92 Å². The molecule has 2 atom stereocenters. The van der Waals surface area contributed by atoms with Crippen molar-refractivity contribution in [1.29, 1.82) is 0 Å². The predicted molar refractivity (Wildman–Crippen MR) is 112 cm³/mol. The molecule has 5 rings (SSSR count). The van der Waals surface area contributed by atoms with Crippen molar-refractivity contribution < 1.29 is 4.79 Å². The molecule has 0 bridgehead atoms. The van der Waals surface area contributed by atoms with Crippen molar-refractivity contribution in [3.8, 4) is 11.1 Å². The first-order chi connectivity index (χ1) is 14.2. The zero-order chi connectivity index (χ0) is 19.8. The molecule has 1 amide bonds. The Bertz CT molecular complexity index is 1130. The smallest absolute Gasteiger partial charge is 0.254 e. The number of aromatic amines is 1. The number of fused-ring (bicyclic) bond motifs is 1. The summed E-state index contributed by atoms with van der Waals surface area (Å²) in [5.41, 5.74) is 3.84. The number of nitrogens with one attached hydrogen (secondary N) is 1. The fraction of sp³-hybridized carbons (Fsp3) is 0.261. The minimum Gasteiger partial charge on any atom is -0.336 e. The highest BCUT2D eigenvalue weighted by Gasteiger charge is 2.33. The van der Waals surface area contributed by atoms with E-state index in [1.54, 1.807) is 6.20 Å². The van der Waals surface area contributed by atoms with Crippen molar-refractivity contribution in [3.05, 3.63) is 72.8 Å². The first-order valence-corrected chi connectivity index (χ1v) is 9.99. The van der Waals surface area contributed by atoms with Crippen LogP contribution in [0.5, 0.6) is 0 Å². The molecule has 0 spiro atoms. The Kier molecular flexibility index (Phi) is 4.39. The Morgan fingerprint density at radius 3 is 2.83 bits per heavy atom. The molecule has 6 heteroatoms. The molecule has 4 aromatic rings. The van der Waals surface area contributed by atoms with Gasteiger partial charge < -0.3 is 9.47 Å². The van der Waals surface area contributed by atoms with E-state index in [9.17, 15) is 4.79 Å². The molecule has 29 heavy (non-hydrogen) atoms. The monoisotopic (exact) mass is 385 g/mol. The lowest BCUT2D eigenvalue weighted by Gasteiger charge is -2.21. The first kappa shape index (κ1) is 17.7. The molecule has 2 unspecified atom stereocenters. The van der Waals surface area contributed by atoms with Crippen LogP contribution in [0.2, 0.25) is 0 Å². The number of pyridine rings is 1. The SMILES string of the molecule is CC1CC(Cn2ccc3cc(-c4cn[nH]c4)cnc32)CN1C(=O)c1ccccc1. The van der Waals surface area contributed by atoms with Crippen LogP contribution < -0.4 is 0 Å². The maximum absolute atomic E-state index is 12.9. The number of carbonyl (C=O) groups excluding carboxylic acids is 1. The molecule has 1 N–H and O–H groups in total. The summed E-state index contributed by atoms with van der Waals surface area (Å²) in [6.07, 6.45) is 8.68. The zero-order valence-corrected chi connectivity index (χ0v) is 16.3. The first-order valence-electron chi connectivity index (χ1n) is 9.99. The normalized spacial score (nSPS) is 19.1. The number of benzene rings is 1. The van der Waals surface area contributed by atoms with Gasteiger partial charge in [0.15, 0.2) is 0 Å². The van der Waals surface area contributed by atoms with Gasteiger partial charge in [-0.2, -0.15) is 5.10 Å². The fourth-order valence-corrected chi connectivity index (χ4v) is 4.37. The Morgan fingerprint density at radius 2 is 2.03 bits per heavy atom. The fourth-order valence-electron chi connectivity index (χ4n) is 4.37. The van der Waals surface area contributed by atoms with Crippen LogP contribution in [-0.4, -0.2) is 43.1 Å². The summed E-state index contributed by atoms with van der Waals surface area (Å²) in [7, 11) is 0. The summed E-state index contributed by atoms with van der Waals surface area (Å²) < 4.78 is 2.21. The number of hydrogen-bond donors (Lipinski definition) is 1. The highest BCUT2D eigenvalue weighted by molar-refractivity contribution is 5.94. The molecule has 0 aliphatic carbocycles. The number of aromatic nitrogens is 4. The molecule has 1 saturated heterocycles. The van der Waals surface area contributed by atoms with Crippen LogP contribution in [0.15, 0.2) is 67.3 Å². The summed E-state index contributed by atoms with van der Waals surface area (Å²) in [5, 5.41) is 7.97. The third kappa shape index (κ3) is 3.31. The minimum atomic E-state index is 0.126. The largest absolute Gasteiger partial charge is 0.336 e. The van der Waals surface area contributed by atoms with Crippen molar-refractivity contribution in [3.63, 3.8) is 0 Å². The topological polar surface area (TPSA) is 66.8 Å². The lowest BCUT2D eigenvalue weighted by Crippen LogP contribution is -2.34. The van der Waals surface area contributed by atoms with E-state index in [1.807, 2.05) is 47.6 Å². The van der Waals surface area contributed by atoms with Gasteiger partial charge in [-0.05, 0) is 43.5 Å². The summed E-state index contributed by atoms with van der Waals surface area (Å²) in [6.45, 7) is 3.79. The second kappa shape index (κ2) is 7.20. The maximum atomic E-state index is 12.9. The molecule has 1 aromatic carbocycles. The maximum Gasteiger partial charge on any atom is 0.254 e. The lowest BCUT2D eigenvalue weighted by atomic mass is 10.1. The molecule has 0 saturated carbocycles. The van der Waals surface area contributed by atoms with Gasteiger partial charge in [-0.3, -0.25) is 9.89 Å². The van der Waals surface area contributed by atoms with Crippen molar-refractivity contribution in [1.82, 2.24) is 24.6 Å². The molecular weight excluding hydrogens is 362 g/mol. The number of amides is 1. The zero-order valence-electron chi connectivity index (χ0n) is 16.3. The van der Waals surface area contributed by atoms with Gasteiger partial charge >= 0.3 is 0 Å². The quantitative estimate of drug-likeness (QED) is 0.578. The number of hydrogen-bond acceptors (Lipinski definition) is 3. The molecule has 1 aliphatic rings. The van der Waals surface area contributed by atoms with Gasteiger partial charge in [0, 0.05) is 59.8 Å². The Morgan fingerprint density at radius 1 is 1.17 bits per heavy atom. The lowest BCUT2D eigenvalue weighted by molar-refractivity contribution is 0.0742. The minimum absolute atomic E-state index is 0.126. The van der Waals surface area contributed by atoms with Crippen LogP contribution >= 0.6 is 0 Å². The molecule has 6 nitrogen and oxygen atoms in total. The van der Waals surface area contributed by atoms with E-state index in [1.165, 1.54) is 0 Å².